The lowest BCUT2D eigenvalue weighted by molar-refractivity contribution is 0.0930. The Kier molecular flexibility index (Phi) is 7.66. The van der Waals surface area contributed by atoms with E-state index in [9.17, 15) is 9.00 Å². The van der Waals surface area contributed by atoms with Crippen LogP contribution in [0.25, 0.3) is 10.9 Å². The molecule has 1 atom stereocenters. The monoisotopic (exact) mass is 508 g/mol. The molecule has 1 aliphatic heterocycles. The van der Waals surface area contributed by atoms with Crippen LogP contribution in [0.4, 0.5) is 5.69 Å². The van der Waals surface area contributed by atoms with E-state index < -0.39 is 16.5 Å². The summed E-state index contributed by atoms with van der Waals surface area (Å²) in [5, 5.41) is 4.28. The van der Waals surface area contributed by atoms with E-state index in [1.165, 1.54) is 19.5 Å². The molecule has 2 fully saturated rings. The first-order valence-corrected chi connectivity index (χ1v) is 13.8. The predicted octanol–water partition coefficient (Wildman–Crippen LogP) is 4.33. The van der Waals surface area contributed by atoms with Crippen molar-refractivity contribution in [2.45, 2.75) is 38.6 Å². The van der Waals surface area contributed by atoms with Gasteiger partial charge in [0, 0.05) is 29.9 Å². The molecule has 5 rings (SSSR count). The average Bonchev–Trinajstić information content (AvgIpc) is 3.62. The second-order valence-electron chi connectivity index (χ2n) is 9.81. The van der Waals surface area contributed by atoms with E-state index in [-0.39, 0.29) is 5.91 Å². The van der Waals surface area contributed by atoms with Crippen molar-refractivity contribution in [3.8, 4) is 5.75 Å². The molecule has 2 heterocycles. The number of aromatic nitrogens is 1. The lowest BCUT2D eigenvalue weighted by Crippen LogP contribution is -2.35. The molecule has 2 aliphatic rings. The van der Waals surface area contributed by atoms with Gasteiger partial charge in [-0.2, -0.15) is 0 Å². The number of nitrogens with one attached hydrogen (secondary N) is 1. The van der Waals surface area contributed by atoms with Crippen LogP contribution in [0.2, 0.25) is 0 Å². The number of rotatable bonds is 6. The van der Waals surface area contributed by atoms with Crippen molar-refractivity contribution in [2.24, 2.45) is 0 Å². The van der Waals surface area contributed by atoms with Crippen LogP contribution in [0.1, 0.15) is 46.4 Å². The van der Waals surface area contributed by atoms with Gasteiger partial charge in [0.1, 0.15) is 16.7 Å². The highest BCUT2D eigenvalue weighted by Crippen LogP contribution is 2.49. The first-order valence-electron chi connectivity index (χ1n) is 12.3. The molecule has 1 aromatic heterocycles. The molecule has 0 radical (unpaired) electrons. The molecule has 1 saturated carbocycles. The van der Waals surface area contributed by atoms with Gasteiger partial charge >= 0.3 is 0 Å². The van der Waals surface area contributed by atoms with Crippen LogP contribution in [0, 0.1) is 13.8 Å². The summed E-state index contributed by atoms with van der Waals surface area (Å²) in [7, 11) is 4.37. The molecule has 1 saturated heterocycles. The topological polar surface area (TPSA) is 74.8 Å². The van der Waals surface area contributed by atoms with Gasteiger partial charge < -0.3 is 15.0 Å². The Hall–Kier alpha value is -2.97. The first-order chi connectivity index (χ1) is 17.1. The van der Waals surface area contributed by atoms with Crippen LogP contribution >= 0.6 is 0 Å². The van der Waals surface area contributed by atoms with Gasteiger partial charge in [-0.15, -0.1) is 0 Å². The summed E-state index contributed by atoms with van der Waals surface area (Å²) in [6.07, 6.45) is 4.74. The summed E-state index contributed by atoms with van der Waals surface area (Å²) in [6, 6.07) is 13.5. The Morgan fingerprint density at radius 3 is 2.39 bits per heavy atom. The van der Waals surface area contributed by atoms with Crippen LogP contribution in [-0.2, 0) is 16.5 Å². The fraction of sp³-hybridized carbons (Fsp3) is 0.429. The normalized spacial score (nSPS) is 16.8. The van der Waals surface area contributed by atoms with Crippen molar-refractivity contribution in [1.82, 2.24) is 15.2 Å². The number of nitrogens with zero attached hydrogens (tertiary/aromatic N) is 3. The van der Waals surface area contributed by atoms with Gasteiger partial charge in [0.25, 0.3) is 5.91 Å². The zero-order chi connectivity index (χ0) is 26.0. The lowest BCUT2D eigenvalue weighted by Gasteiger charge is -2.24. The Balaban J connectivity index is 0.000000543. The molecule has 1 amide bonds. The lowest BCUT2D eigenvalue weighted by atomic mass is 9.97. The Morgan fingerprint density at radius 1 is 1.14 bits per heavy atom. The third-order valence-corrected chi connectivity index (χ3v) is 8.05. The molecular weight excluding hydrogens is 472 g/mol. The zero-order valence-corrected chi connectivity index (χ0v) is 22.9. The van der Waals surface area contributed by atoms with Crippen molar-refractivity contribution >= 4 is 33.5 Å². The number of hydrogen-bond acceptors (Lipinski definition) is 5. The number of likely N-dealkylation sites (tertiary alicyclic amines) is 1. The summed E-state index contributed by atoms with van der Waals surface area (Å²) in [5.41, 5.74) is 4.62. The fourth-order valence-corrected chi connectivity index (χ4v) is 4.77. The largest absolute Gasteiger partial charge is 0.497 e. The summed E-state index contributed by atoms with van der Waals surface area (Å²) < 4.78 is 19.1. The number of amides is 1. The molecule has 1 unspecified atom stereocenters. The second-order valence-corrected chi connectivity index (χ2v) is 11.2. The third-order valence-electron chi connectivity index (χ3n) is 7.07. The summed E-state index contributed by atoms with van der Waals surface area (Å²) >= 11 is 0. The zero-order valence-electron chi connectivity index (χ0n) is 22.1. The number of carbonyl (C=O) groups is 1. The van der Waals surface area contributed by atoms with E-state index >= 15 is 0 Å². The first kappa shape index (κ1) is 26.1. The van der Waals surface area contributed by atoms with E-state index in [0.717, 1.165) is 46.3 Å². The van der Waals surface area contributed by atoms with Crippen molar-refractivity contribution < 1.29 is 13.7 Å². The summed E-state index contributed by atoms with van der Waals surface area (Å²) in [4.78, 5) is 20.2. The standard InChI is InChI=1S/C24H27N3O3S.C4H9N/c1-15-6-8-18(30-4)14-20(15)23(28)26-24(10-11-24)21-12-17(27(3)31(5)29)13-22-19(21)9-7-16(2)25-22;1-5-3-2-4-5/h6-9,12-14H,10-11H2,1-5H3,(H,26,28);2-4H2,1H3. The highest BCUT2D eigenvalue weighted by molar-refractivity contribution is 7.85. The number of ether oxygens (including phenoxy) is 1. The van der Waals surface area contributed by atoms with Crippen molar-refractivity contribution in [3.05, 3.63) is 64.8 Å². The SMILES string of the molecule is CN1CCC1.COc1ccc(C)c(C(=O)NC2(c3cc(N(C)S(C)=O)cc4nc(C)ccc34)CC2)c1. The number of methoxy groups -OCH3 is 1. The Morgan fingerprint density at radius 2 is 1.83 bits per heavy atom. The van der Waals surface area contributed by atoms with Crippen molar-refractivity contribution in [2.75, 3.05) is 44.9 Å². The Bertz CT molecular complexity index is 1300. The quantitative estimate of drug-likeness (QED) is 0.537. The maximum Gasteiger partial charge on any atom is 0.252 e. The molecule has 0 spiro atoms. The number of pyridine rings is 1. The van der Waals surface area contributed by atoms with Crippen molar-refractivity contribution in [3.63, 3.8) is 0 Å². The molecule has 1 aliphatic carbocycles. The smallest absolute Gasteiger partial charge is 0.252 e. The van der Waals surface area contributed by atoms with Gasteiger partial charge in [0.2, 0.25) is 0 Å². The van der Waals surface area contributed by atoms with Gasteiger partial charge in [-0.3, -0.25) is 14.1 Å². The maximum atomic E-state index is 13.2. The molecule has 36 heavy (non-hydrogen) atoms. The van der Waals surface area contributed by atoms with E-state index in [1.807, 2.05) is 44.2 Å². The van der Waals surface area contributed by atoms with Gasteiger partial charge in [-0.1, -0.05) is 12.1 Å². The van der Waals surface area contributed by atoms with Crippen molar-refractivity contribution in [1.29, 1.82) is 0 Å². The number of benzene rings is 2. The molecule has 2 aromatic carbocycles. The molecule has 8 heteroatoms. The predicted molar refractivity (Wildman–Crippen MR) is 147 cm³/mol. The highest BCUT2D eigenvalue weighted by Gasteiger charge is 2.47. The minimum absolute atomic E-state index is 0.125. The molecule has 7 nitrogen and oxygen atoms in total. The van der Waals surface area contributed by atoms with Gasteiger partial charge in [-0.25, -0.2) is 4.21 Å². The van der Waals surface area contributed by atoms with Crippen LogP contribution < -0.4 is 14.4 Å². The number of aryl methyl sites for hydroxylation is 2. The second kappa shape index (κ2) is 10.6. The van der Waals surface area contributed by atoms with E-state index in [2.05, 4.69) is 23.3 Å². The fourth-order valence-electron chi connectivity index (χ4n) is 4.37. The average molecular weight is 509 g/mol. The number of anilines is 1. The highest BCUT2D eigenvalue weighted by atomic mass is 32.2. The minimum Gasteiger partial charge on any atom is -0.497 e. The van der Waals surface area contributed by atoms with E-state index in [0.29, 0.717) is 11.3 Å². The van der Waals surface area contributed by atoms with Crippen LogP contribution in [0.15, 0.2) is 42.5 Å². The number of hydrogen-bond donors (Lipinski definition) is 1. The van der Waals surface area contributed by atoms with Crippen LogP contribution in [0.3, 0.4) is 0 Å². The number of fused-ring (bicyclic) bond motifs is 1. The summed E-state index contributed by atoms with van der Waals surface area (Å²) in [5.74, 6) is 0.528. The Labute approximate surface area is 216 Å². The molecular formula is C28H36N4O3S. The van der Waals surface area contributed by atoms with E-state index in [4.69, 9.17) is 9.72 Å². The maximum absolute atomic E-state index is 13.2. The molecule has 3 aromatic rings. The van der Waals surface area contributed by atoms with Gasteiger partial charge in [0.05, 0.1) is 23.9 Å². The molecule has 0 bridgehead atoms. The van der Waals surface area contributed by atoms with E-state index in [1.54, 1.807) is 30.8 Å². The number of carbonyl (C=O) groups excluding carboxylic acids is 1. The van der Waals surface area contributed by atoms with Gasteiger partial charge in [-0.05, 0) is 94.7 Å². The molecule has 1 N–H and O–H groups in total. The molecule has 192 valence electrons. The van der Waals surface area contributed by atoms with Crippen LogP contribution in [0.5, 0.6) is 5.75 Å². The van der Waals surface area contributed by atoms with Crippen LogP contribution in [-0.4, -0.2) is 60.6 Å². The third kappa shape index (κ3) is 5.55. The van der Waals surface area contributed by atoms with Gasteiger partial charge in [0.15, 0.2) is 0 Å². The summed E-state index contributed by atoms with van der Waals surface area (Å²) in [6.45, 7) is 6.51. The minimum atomic E-state index is -1.17.